The number of ether oxygens (including phenoxy) is 1. The molecule has 0 unspecified atom stereocenters. The minimum atomic E-state index is -0.168. The highest BCUT2D eigenvalue weighted by atomic mass is 16.5. The van der Waals surface area contributed by atoms with Crippen molar-refractivity contribution in [2.75, 3.05) is 20.1 Å². The average Bonchev–Trinajstić information content (AvgIpc) is 2.77. The van der Waals surface area contributed by atoms with Crippen LogP contribution in [0.3, 0.4) is 0 Å². The van der Waals surface area contributed by atoms with Gasteiger partial charge in [-0.2, -0.15) is 0 Å². The lowest BCUT2D eigenvalue weighted by Gasteiger charge is -2.23. The largest absolute Gasteiger partial charge is 0.492 e. The molecule has 2 rings (SSSR count). The SMILES string of the molecule is CC=C/C=C1\C/C(=C(\C)OCc2ccccc2)NC=C1CCNC(=O)CN(C)C=O. The number of likely N-dealkylation sites (N-methyl/N-ethyl adjacent to an activating group) is 1. The second-order valence-corrected chi connectivity index (χ2v) is 7.14. The van der Waals surface area contributed by atoms with Crippen molar-refractivity contribution in [2.45, 2.75) is 33.3 Å². The zero-order chi connectivity index (χ0) is 21.8. The predicted octanol–water partition coefficient (Wildman–Crippen LogP) is 3.41. The van der Waals surface area contributed by atoms with Crippen LogP contribution in [0.15, 0.2) is 77.4 Å². The third-order valence-electron chi connectivity index (χ3n) is 4.70. The summed E-state index contributed by atoms with van der Waals surface area (Å²) in [6.07, 6.45) is 10.2. The van der Waals surface area contributed by atoms with Gasteiger partial charge in [0.25, 0.3) is 0 Å². The van der Waals surface area contributed by atoms with Gasteiger partial charge in [0.2, 0.25) is 12.3 Å². The van der Waals surface area contributed by atoms with Crippen LogP contribution in [0.4, 0.5) is 0 Å². The maximum absolute atomic E-state index is 11.8. The highest BCUT2D eigenvalue weighted by molar-refractivity contribution is 5.79. The highest BCUT2D eigenvalue weighted by Crippen LogP contribution is 2.27. The predicted molar refractivity (Wildman–Crippen MR) is 119 cm³/mol. The van der Waals surface area contributed by atoms with Gasteiger partial charge in [-0.15, -0.1) is 0 Å². The first kappa shape index (κ1) is 23.0. The first-order valence-corrected chi connectivity index (χ1v) is 10.1. The van der Waals surface area contributed by atoms with Gasteiger partial charge in [0, 0.05) is 26.2 Å². The lowest BCUT2D eigenvalue weighted by atomic mass is 9.95. The molecule has 2 amide bonds. The number of nitrogens with zero attached hydrogens (tertiary/aromatic N) is 1. The number of benzene rings is 1. The monoisotopic (exact) mass is 409 g/mol. The lowest BCUT2D eigenvalue weighted by molar-refractivity contribution is -0.127. The zero-order valence-electron chi connectivity index (χ0n) is 18.0. The fraction of sp³-hybridized carbons (Fsp3) is 0.333. The van der Waals surface area contributed by atoms with E-state index < -0.39 is 0 Å². The van der Waals surface area contributed by atoms with Crippen LogP contribution in [0, 0.1) is 0 Å². The van der Waals surface area contributed by atoms with Gasteiger partial charge in [0.05, 0.1) is 12.2 Å². The van der Waals surface area contributed by atoms with Crippen LogP contribution in [0.25, 0.3) is 0 Å². The maximum Gasteiger partial charge on any atom is 0.239 e. The number of amides is 2. The highest BCUT2D eigenvalue weighted by Gasteiger charge is 2.16. The minimum Gasteiger partial charge on any atom is -0.492 e. The Morgan fingerprint density at radius 1 is 1.30 bits per heavy atom. The number of hydrogen-bond acceptors (Lipinski definition) is 4. The molecule has 1 aromatic carbocycles. The topological polar surface area (TPSA) is 70.7 Å². The summed E-state index contributed by atoms with van der Waals surface area (Å²) in [4.78, 5) is 23.8. The molecule has 2 N–H and O–H groups in total. The summed E-state index contributed by atoms with van der Waals surface area (Å²) in [5.41, 5.74) is 4.48. The fourth-order valence-electron chi connectivity index (χ4n) is 2.97. The molecule has 0 spiro atoms. The van der Waals surface area contributed by atoms with E-state index in [2.05, 4.69) is 16.7 Å². The Morgan fingerprint density at radius 3 is 2.77 bits per heavy atom. The summed E-state index contributed by atoms with van der Waals surface area (Å²) in [6.45, 7) is 5.06. The molecule has 0 atom stereocenters. The minimum absolute atomic E-state index is 0.0624. The third-order valence-corrected chi connectivity index (χ3v) is 4.70. The van der Waals surface area contributed by atoms with E-state index in [1.54, 1.807) is 7.05 Å². The molecular formula is C24H31N3O3. The summed E-state index contributed by atoms with van der Waals surface area (Å²) >= 11 is 0. The molecule has 0 radical (unpaired) electrons. The van der Waals surface area contributed by atoms with Gasteiger partial charge in [-0.1, -0.05) is 48.6 Å². The Kier molecular flexibility index (Phi) is 9.45. The van der Waals surface area contributed by atoms with Crippen molar-refractivity contribution in [1.29, 1.82) is 0 Å². The van der Waals surface area contributed by atoms with Crippen LogP contribution < -0.4 is 10.6 Å². The number of rotatable bonds is 10. The fourth-order valence-corrected chi connectivity index (χ4v) is 2.97. The lowest BCUT2D eigenvalue weighted by Crippen LogP contribution is -2.35. The molecule has 1 aromatic rings. The summed E-state index contributed by atoms with van der Waals surface area (Å²) in [6, 6.07) is 10.1. The first-order valence-electron chi connectivity index (χ1n) is 10.1. The quantitative estimate of drug-likeness (QED) is 0.459. The first-order chi connectivity index (χ1) is 14.5. The smallest absolute Gasteiger partial charge is 0.239 e. The standard InChI is InChI=1S/C24H31N3O3/c1-4-5-11-21-14-23(19(2)30-17-20-9-7-6-8-10-20)26-15-22(21)12-13-25-24(29)16-27(3)18-28/h4-11,15,18,26H,12-14,16-17H2,1-3H3,(H,25,29)/b5-4?,21-11+,23-19-. The van der Waals surface area contributed by atoms with Crippen LogP contribution in [-0.2, 0) is 20.9 Å². The zero-order valence-corrected chi connectivity index (χ0v) is 18.0. The van der Waals surface area contributed by atoms with E-state index in [1.165, 1.54) is 10.5 Å². The molecule has 0 aromatic heterocycles. The van der Waals surface area contributed by atoms with Crippen LogP contribution in [0.2, 0.25) is 0 Å². The van der Waals surface area contributed by atoms with E-state index in [0.29, 0.717) is 26.0 Å². The second-order valence-electron chi connectivity index (χ2n) is 7.14. The van der Waals surface area contributed by atoms with Crippen molar-refractivity contribution in [3.63, 3.8) is 0 Å². The van der Waals surface area contributed by atoms with Crippen LogP contribution in [0.5, 0.6) is 0 Å². The Labute approximate surface area is 179 Å². The molecule has 0 saturated carbocycles. The summed E-state index contributed by atoms with van der Waals surface area (Å²) in [5.74, 6) is 0.699. The van der Waals surface area contributed by atoms with E-state index in [1.807, 2.05) is 62.5 Å². The molecule has 1 aliphatic heterocycles. The normalized spacial score (nSPS) is 16.6. The van der Waals surface area contributed by atoms with Crippen LogP contribution in [-0.4, -0.2) is 37.4 Å². The van der Waals surface area contributed by atoms with E-state index in [0.717, 1.165) is 29.0 Å². The number of carbonyl (C=O) groups excluding carboxylic acids is 2. The van der Waals surface area contributed by atoms with Gasteiger partial charge in [0.15, 0.2) is 0 Å². The van der Waals surface area contributed by atoms with Crippen LogP contribution in [0.1, 0.15) is 32.3 Å². The van der Waals surface area contributed by atoms with E-state index in [-0.39, 0.29) is 12.5 Å². The van der Waals surface area contributed by atoms with Gasteiger partial charge in [-0.25, -0.2) is 0 Å². The van der Waals surface area contributed by atoms with Gasteiger partial charge >= 0.3 is 0 Å². The summed E-state index contributed by atoms with van der Waals surface area (Å²) in [5, 5.41) is 6.21. The molecule has 0 aliphatic carbocycles. The van der Waals surface area contributed by atoms with Crippen molar-refractivity contribution in [3.8, 4) is 0 Å². The van der Waals surface area contributed by atoms with Crippen molar-refractivity contribution in [1.82, 2.24) is 15.5 Å². The molecule has 30 heavy (non-hydrogen) atoms. The Balaban J connectivity index is 1.99. The molecule has 0 saturated heterocycles. The van der Waals surface area contributed by atoms with Crippen molar-refractivity contribution in [2.24, 2.45) is 0 Å². The maximum atomic E-state index is 11.8. The van der Waals surface area contributed by atoms with Crippen molar-refractivity contribution in [3.05, 3.63) is 82.9 Å². The molecule has 0 bridgehead atoms. The number of hydrogen-bond donors (Lipinski definition) is 2. The molecule has 160 valence electrons. The average molecular weight is 410 g/mol. The van der Waals surface area contributed by atoms with Gasteiger partial charge in [-0.05, 0) is 37.0 Å². The Hall–Kier alpha value is -3.28. The molecule has 0 fully saturated rings. The number of carbonyl (C=O) groups is 2. The molecule has 6 nitrogen and oxygen atoms in total. The third kappa shape index (κ3) is 7.62. The summed E-state index contributed by atoms with van der Waals surface area (Å²) in [7, 11) is 1.58. The van der Waals surface area contributed by atoms with Crippen molar-refractivity contribution >= 4 is 12.3 Å². The number of allylic oxidation sites excluding steroid dienone is 5. The van der Waals surface area contributed by atoms with Gasteiger partial charge in [-0.3, -0.25) is 9.59 Å². The Morgan fingerprint density at radius 2 is 2.07 bits per heavy atom. The molecule has 1 aliphatic rings. The molecule has 1 heterocycles. The molecule has 6 heteroatoms. The van der Waals surface area contributed by atoms with Gasteiger partial charge < -0.3 is 20.3 Å². The summed E-state index contributed by atoms with van der Waals surface area (Å²) < 4.78 is 5.97. The van der Waals surface area contributed by atoms with Crippen LogP contribution >= 0.6 is 0 Å². The Bertz CT molecular complexity index is 839. The number of nitrogens with one attached hydrogen (secondary N) is 2. The van der Waals surface area contributed by atoms with Crippen molar-refractivity contribution < 1.29 is 14.3 Å². The molecular weight excluding hydrogens is 378 g/mol. The van der Waals surface area contributed by atoms with E-state index in [9.17, 15) is 9.59 Å². The van der Waals surface area contributed by atoms with E-state index in [4.69, 9.17) is 4.74 Å². The second kappa shape index (κ2) is 12.3. The van der Waals surface area contributed by atoms with Gasteiger partial charge in [0.1, 0.15) is 12.4 Å². The van der Waals surface area contributed by atoms with E-state index >= 15 is 0 Å².